The lowest BCUT2D eigenvalue weighted by Gasteiger charge is -2.09. The highest BCUT2D eigenvalue weighted by Gasteiger charge is 1.99. The number of hydrogen-bond acceptors (Lipinski definition) is 1. The quantitative estimate of drug-likeness (QED) is 0.635. The molecule has 0 spiro atoms. The van der Waals surface area contributed by atoms with E-state index in [-0.39, 0.29) is 5.91 Å². The average molecular weight is 143 g/mol. The van der Waals surface area contributed by atoms with E-state index in [2.05, 4.69) is 19.2 Å². The third-order valence-corrected chi connectivity index (χ3v) is 1.48. The van der Waals surface area contributed by atoms with E-state index in [0.29, 0.717) is 5.92 Å². The van der Waals surface area contributed by atoms with E-state index >= 15 is 0 Å². The fourth-order valence-electron chi connectivity index (χ4n) is 0.913. The van der Waals surface area contributed by atoms with E-state index < -0.39 is 0 Å². The first-order valence-electron chi connectivity index (χ1n) is 3.91. The molecule has 0 aromatic carbocycles. The number of rotatable bonds is 4. The maximum absolute atomic E-state index is 10.4. The summed E-state index contributed by atoms with van der Waals surface area (Å²) in [5, 5.41) is 2.79. The molecule has 1 amide bonds. The highest BCUT2D eigenvalue weighted by molar-refractivity contribution is 5.72. The Balaban J connectivity index is 3.21. The summed E-state index contributed by atoms with van der Waals surface area (Å²) in [6.45, 7) is 6.69. The van der Waals surface area contributed by atoms with Gasteiger partial charge in [0.15, 0.2) is 0 Å². The van der Waals surface area contributed by atoms with Gasteiger partial charge in [-0.15, -0.1) is 0 Å². The molecule has 0 saturated heterocycles. The smallest absolute Gasteiger partial charge is 0.216 e. The molecular weight excluding hydrogens is 126 g/mol. The van der Waals surface area contributed by atoms with E-state index in [1.54, 1.807) is 6.92 Å². The molecule has 0 saturated carbocycles. The van der Waals surface area contributed by atoms with Crippen LogP contribution < -0.4 is 5.32 Å². The van der Waals surface area contributed by atoms with Gasteiger partial charge in [-0.25, -0.2) is 0 Å². The van der Waals surface area contributed by atoms with Gasteiger partial charge < -0.3 is 5.32 Å². The van der Waals surface area contributed by atoms with Gasteiger partial charge in [0.1, 0.15) is 0 Å². The number of nitrogens with one attached hydrogen (secondary N) is 1. The maximum atomic E-state index is 10.4. The highest BCUT2D eigenvalue weighted by atomic mass is 16.1. The molecule has 0 rings (SSSR count). The van der Waals surface area contributed by atoms with Crippen LogP contribution in [0.1, 0.15) is 33.6 Å². The third-order valence-electron chi connectivity index (χ3n) is 1.48. The number of amides is 1. The van der Waals surface area contributed by atoms with Gasteiger partial charge in [0.2, 0.25) is 5.91 Å². The molecule has 0 fully saturated rings. The first kappa shape index (κ1) is 9.47. The van der Waals surface area contributed by atoms with Crippen LogP contribution in [0.3, 0.4) is 0 Å². The standard InChI is InChI=1S/C8H17NO/c1-4-5-7(2)6-9-8(3)10/h7H,4-6H2,1-3H3,(H,9,10)/t7-/m0/s1. The largest absolute Gasteiger partial charge is 0.356 e. The van der Waals surface area contributed by atoms with Crippen molar-refractivity contribution in [1.29, 1.82) is 0 Å². The molecule has 0 radical (unpaired) electrons. The Kier molecular flexibility index (Phi) is 4.99. The number of carbonyl (C=O) groups is 1. The van der Waals surface area contributed by atoms with Crippen molar-refractivity contribution in [2.45, 2.75) is 33.6 Å². The summed E-state index contributed by atoms with van der Waals surface area (Å²) in [6.07, 6.45) is 2.39. The van der Waals surface area contributed by atoms with Gasteiger partial charge in [0.05, 0.1) is 0 Å². The molecule has 1 N–H and O–H groups in total. The first-order chi connectivity index (χ1) is 4.66. The van der Waals surface area contributed by atoms with Crippen LogP contribution >= 0.6 is 0 Å². The Morgan fingerprint density at radius 2 is 2.20 bits per heavy atom. The highest BCUT2D eigenvalue weighted by Crippen LogP contribution is 2.01. The molecule has 0 heterocycles. The van der Waals surface area contributed by atoms with Gasteiger partial charge in [0.25, 0.3) is 0 Å². The molecule has 0 aromatic heterocycles. The Labute approximate surface area is 63.0 Å². The summed E-state index contributed by atoms with van der Waals surface area (Å²) >= 11 is 0. The molecular formula is C8H17NO. The zero-order valence-corrected chi connectivity index (χ0v) is 7.11. The molecule has 1 atom stereocenters. The minimum atomic E-state index is 0.0722. The average Bonchev–Trinajstić information content (AvgIpc) is 1.85. The minimum absolute atomic E-state index is 0.0722. The Morgan fingerprint density at radius 1 is 1.60 bits per heavy atom. The van der Waals surface area contributed by atoms with Gasteiger partial charge in [-0.1, -0.05) is 20.3 Å². The van der Waals surface area contributed by atoms with Gasteiger partial charge in [0, 0.05) is 13.5 Å². The van der Waals surface area contributed by atoms with Crippen LogP contribution in [0.4, 0.5) is 0 Å². The van der Waals surface area contributed by atoms with Crippen molar-refractivity contribution >= 4 is 5.91 Å². The monoisotopic (exact) mass is 143 g/mol. The maximum Gasteiger partial charge on any atom is 0.216 e. The minimum Gasteiger partial charge on any atom is -0.356 e. The van der Waals surface area contributed by atoms with Gasteiger partial charge in [-0.3, -0.25) is 4.79 Å². The Bertz CT molecular complexity index is 101. The fraction of sp³-hybridized carbons (Fsp3) is 0.875. The molecule has 0 unspecified atom stereocenters. The number of carbonyl (C=O) groups excluding carboxylic acids is 1. The van der Waals surface area contributed by atoms with Crippen molar-refractivity contribution in [3.8, 4) is 0 Å². The summed E-state index contributed by atoms with van der Waals surface area (Å²) in [7, 11) is 0. The predicted octanol–water partition coefficient (Wildman–Crippen LogP) is 1.56. The third kappa shape index (κ3) is 5.60. The second-order valence-electron chi connectivity index (χ2n) is 2.83. The van der Waals surface area contributed by atoms with Crippen molar-refractivity contribution in [2.75, 3.05) is 6.54 Å². The van der Waals surface area contributed by atoms with Crippen LogP contribution in [0.2, 0.25) is 0 Å². The lowest BCUT2D eigenvalue weighted by Crippen LogP contribution is -2.25. The molecule has 0 aliphatic rings. The molecule has 0 bridgehead atoms. The zero-order chi connectivity index (χ0) is 7.98. The van der Waals surface area contributed by atoms with Crippen LogP contribution in [0.5, 0.6) is 0 Å². The second kappa shape index (κ2) is 5.27. The van der Waals surface area contributed by atoms with Crippen molar-refractivity contribution in [3.63, 3.8) is 0 Å². The van der Waals surface area contributed by atoms with Crippen molar-refractivity contribution in [2.24, 2.45) is 5.92 Å². The van der Waals surface area contributed by atoms with Crippen molar-refractivity contribution < 1.29 is 4.79 Å². The summed E-state index contributed by atoms with van der Waals surface area (Å²) < 4.78 is 0. The lowest BCUT2D eigenvalue weighted by molar-refractivity contribution is -0.119. The van der Waals surface area contributed by atoms with E-state index in [1.807, 2.05) is 0 Å². The topological polar surface area (TPSA) is 29.1 Å². The van der Waals surface area contributed by atoms with Crippen LogP contribution in [0, 0.1) is 5.92 Å². The zero-order valence-electron chi connectivity index (χ0n) is 7.11. The van der Waals surface area contributed by atoms with Gasteiger partial charge >= 0.3 is 0 Å². The summed E-state index contributed by atoms with van der Waals surface area (Å²) in [6, 6.07) is 0. The Hall–Kier alpha value is -0.530. The van der Waals surface area contributed by atoms with E-state index in [1.165, 1.54) is 12.8 Å². The molecule has 2 nitrogen and oxygen atoms in total. The van der Waals surface area contributed by atoms with E-state index in [4.69, 9.17) is 0 Å². The van der Waals surface area contributed by atoms with Gasteiger partial charge in [-0.05, 0) is 12.3 Å². The predicted molar refractivity (Wildman–Crippen MR) is 42.8 cm³/mol. The van der Waals surface area contributed by atoms with Crippen LogP contribution in [0.25, 0.3) is 0 Å². The molecule has 60 valence electrons. The molecule has 0 aliphatic heterocycles. The molecule has 0 aliphatic carbocycles. The van der Waals surface area contributed by atoms with Crippen molar-refractivity contribution in [1.82, 2.24) is 5.32 Å². The number of hydrogen-bond donors (Lipinski definition) is 1. The summed E-state index contributed by atoms with van der Waals surface area (Å²) in [4.78, 5) is 10.4. The molecule has 10 heavy (non-hydrogen) atoms. The second-order valence-corrected chi connectivity index (χ2v) is 2.83. The fourth-order valence-corrected chi connectivity index (χ4v) is 0.913. The SMILES string of the molecule is CCC[C@H](C)CNC(C)=O. The lowest BCUT2D eigenvalue weighted by atomic mass is 10.1. The van der Waals surface area contributed by atoms with Crippen LogP contribution in [0.15, 0.2) is 0 Å². The van der Waals surface area contributed by atoms with E-state index in [0.717, 1.165) is 6.54 Å². The summed E-state index contributed by atoms with van der Waals surface area (Å²) in [5.74, 6) is 0.692. The first-order valence-corrected chi connectivity index (χ1v) is 3.91. The molecule has 0 aromatic rings. The van der Waals surface area contributed by atoms with Crippen LogP contribution in [-0.4, -0.2) is 12.5 Å². The van der Waals surface area contributed by atoms with Crippen LogP contribution in [-0.2, 0) is 4.79 Å². The Morgan fingerprint density at radius 3 is 2.60 bits per heavy atom. The van der Waals surface area contributed by atoms with E-state index in [9.17, 15) is 4.79 Å². The van der Waals surface area contributed by atoms with Gasteiger partial charge in [-0.2, -0.15) is 0 Å². The normalized spacial score (nSPS) is 12.7. The summed E-state index contributed by atoms with van der Waals surface area (Å²) in [5.41, 5.74) is 0. The van der Waals surface area contributed by atoms with Crippen molar-refractivity contribution in [3.05, 3.63) is 0 Å². The molecule has 2 heteroatoms.